The van der Waals surface area contributed by atoms with E-state index in [2.05, 4.69) is 0 Å². The zero-order chi connectivity index (χ0) is 13.0. The van der Waals surface area contributed by atoms with Crippen molar-refractivity contribution < 1.29 is 14.3 Å². The van der Waals surface area contributed by atoms with Crippen LogP contribution < -0.4 is 5.73 Å². The van der Waals surface area contributed by atoms with Gasteiger partial charge in [0.25, 0.3) is 5.91 Å². The highest BCUT2D eigenvalue weighted by Crippen LogP contribution is 2.20. The van der Waals surface area contributed by atoms with Gasteiger partial charge >= 0.3 is 0 Å². The lowest BCUT2D eigenvalue weighted by molar-refractivity contribution is -0.145. The van der Waals surface area contributed by atoms with Crippen LogP contribution in [0, 0.1) is 0 Å². The third-order valence-electron chi connectivity index (χ3n) is 2.89. The van der Waals surface area contributed by atoms with Crippen molar-refractivity contribution in [1.29, 1.82) is 0 Å². The third-order valence-corrected chi connectivity index (χ3v) is 2.89. The molecular weight excluding hydrogens is 222 g/mol. The van der Waals surface area contributed by atoms with E-state index in [0.29, 0.717) is 13.0 Å². The van der Waals surface area contributed by atoms with Gasteiger partial charge in [-0.1, -0.05) is 0 Å². The molecule has 6 heteroatoms. The first-order valence-electron chi connectivity index (χ1n) is 5.76. The highest BCUT2D eigenvalue weighted by Gasteiger charge is 2.32. The van der Waals surface area contributed by atoms with E-state index in [-0.39, 0.29) is 24.5 Å². The Labute approximate surface area is 102 Å². The molecule has 2 amide bonds. The van der Waals surface area contributed by atoms with Crippen LogP contribution in [-0.4, -0.2) is 68.1 Å². The van der Waals surface area contributed by atoms with Crippen LogP contribution in [0.5, 0.6) is 0 Å². The van der Waals surface area contributed by atoms with Crippen molar-refractivity contribution in [1.82, 2.24) is 9.80 Å². The Morgan fingerprint density at radius 1 is 1.29 bits per heavy atom. The van der Waals surface area contributed by atoms with E-state index in [1.165, 1.54) is 9.80 Å². The fraction of sp³-hybridized carbons (Fsp3) is 0.818. The number of hydrogen-bond acceptors (Lipinski definition) is 4. The molecule has 1 rings (SSSR count). The normalized spacial score (nSPS) is 23.5. The average molecular weight is 243 g/mol. The van der Waals surface area contributed by atoms with E-state index >= 15 is 0 Å². The molecule has 1 aliphatic heterocycles. The van der Waals surface area contributed by atoms with Crippen molar-refractivity contribution in [3.63, 3.8) is 0 Å². The van der Waals surface area contributed by atoms with Crippen LogP contribution in [0.2, 0.25) is 0 Å². The van der Waals surface area contributed by atoms with Crippen molar-refractivity contribution in [2.24, 2.45) is 5.73 Å². The minimum atomic E-state index is -0.441. The Morgan fingerprint density at radius 2 is 1.94 bits per heavy atom. The first-order valence-corrected chi connectivity index (χ1v) is 5.76. The lowest BCUT2D eigenvalue weighted by Crippen LogP contribution is -2.42. The standard InChI is InChI=1S/C11H21N3O3/c1-13(2)10(15)7-14(3)11(16)9-5-4-8(6-12)17-9/h8-9H,4-7,12H2,1-3H3/t8-,9+/m1/s1. The molecule has 2 atom stereocenters. The molecular formula is C11H21N3O3. The highest BCUT2D eigenvalue weighted by molar-refractivity contribution is 5.86. The van der Waals surface area contributed by atoms with E-state index in [1.54, 1.807) is 21.1 Å². The number of amides is 2. The topological polar surface area (TPSA) is 75.9 Å². The fourth-order valence-electron chi connectivity index (χ4n) is 1.73. The summed E-state index contributed by atoms with van der Waals surface area (Å²) < 4.78 is 5.49. The van der Waals surface area contributed by atoms with Crippen LogP contribution in [0.25, 0.3) is 0 Å². The molecule has 0 bridgehead atoms. The maximum atomic E-state index is 12.0. The molecule has 0 saturated carbocycles. The zero-order valence-electron chi connectivity index (χ0n) is 10.7. The van der Waals surface area contributed by atoms with Crippen molar-refractivity contribution >= 4 is 11.8 Å². The predicted molar refractivity (Wildman–Crippen MR) is 63.3 cm³/mol. The van der Waals surface area contributed by atoms with Crippen molar-refractivity contribution in [2.45, 2.75) is 25.0 Å². The summed E-state index contributed by atoms with van der Waals surface area (Å²) in [6, 6.07) is 0. The average Bonchev–Trinajstić information content (AvgIpc) is 2.76. The number of hydrogen-bond donors (Lipinski definition) is 1. The highest BCUT2D eigenvalue weighted by atomic mass is 16.5. The molecule has 0 aromatic rings. The van der Waals surface area contributed by atoms with Gasteiger partial charge in [-0.2, -0.15) is 0 Å². The minimum Gasteiger partial charge on any atom is -0.364 e. The van der Waals surface area contributed by atoms with Crippen LogP contribution >= 0.6 is 0 Å². The molecule has 17 heavy (non-hydrogen) atoms. The number of nitrogens with zero attached hydrogens (tertiary/aromatic N) is 2. The van der Waals surface area contributed by atoms with Crippen molar-refractivity contribution in [3.8, 4) is 0 Å². The van der Waals surface area contributed by atoms with Gasteiger partial charge in [0.05, 0.1) is 12.6 Å². The summed E-state index contributed by atoms with van der Waals surface area (Å²) in [5.41, 5.74) is 5.48. The first-order chi connectivity index (χ1) is 7.95. The van der Waals surface area contributed by atoms with Crippen LogP contribution in [0.4, 0.5) is 0 Å². The van der Waals surface area contributed by atoms with Gasteiger partial charge in [-0.15, -0.1) is 0 Å². The minimum absolute atomic E-state index is 0.0260. The Morgan fingerprint density at radius 3 is 2.41 bits per heavy atom. The molecule has 0 unspecified atom stereocenters. The smallest absolute Gasteiger partial charge is 0.251 e. The molecule has 0 spiro atoms. The van der Waals surface area contributed by atoms with Gasteiger partial charge < -0.3 is 20.3 Å². The number of ether oxygens (including phenoxy) is 1. The van der Waals surface area contributed by atoms with E-state index in [1.807, 2.05) is 0 Å². The van der Waals surface area contributed by atoms with E-state index < -0.39 is 6.10 Å². The number of likely N-dealkylation sites (N-methyl/N-ethyl adjacent to an activating group) is 2. The lowest BCUT2D eigenvalue weighted by Gasteiger charge is -2.22. The molecule has 6 nitrogen and oxygen atoms in total. The number of carbonyl (C=O) groups excluding carboxylic acids is 2. The van der Waals surface area contributed by atoms with Gasteiger partial charge in [0.2, 0.25) is 5.91 Å². The molecule has 1 fully saturated rings. The van der Waals surface area contributed by atoms with Crippen LogP contribution in [0.1, 0.15) is 12.8 Å². The van der Waals surface area contributed by atoms with E-state index in [0.717, 1.165) is 6.42 Å². The molecule has 1 saturated heterocycles. The number of carbonyl (C=O) groups is 2. The van der Waals surface area contributed by atoms with Crippen molar-refractivity contribution in [3.05, 3.63) is 0 Å². The Bertz CT molecular complexity index is 294. The summed E-state index contributed by atoms with van der Waals surface area (Å²) in [7, 11) is 4.94. The van der Waals surface area contributed by atoms with Gasteiger partial charge in [0.15, 0.2) is 0 Å². The Balaban J connectivity index is 2.45. The largest absolute Gasteiger partial charge is 0.364 e. The second-order valence-corrected chi connectivity index (χ2v) is 4.54. The second-order valence-electron chi connectivity index (χ2n) is 4.54. The summed E-state index contributed by atoms with van der Waals surface area (Å²) in [6.07, 6.45) is 1.02. The molecule has 0 aliphatic carbocycles. The summed E-state index contributed by atoms with van der Waals surface area (Å²) in [5, 5.41) is 0. The quantitative estimate of drug-likeness (QED) is 0.690. The maximum absolute atomic E-state index is 12.0. The molecule has 2 N–H and O–H groups in total. The summed E-state index contributed by atoms with van der Waals surface area (Å²) >= 11 is 0. The monoisotopic (exact) mass is 243 g/mol. The lowest BCUT2D eigenvalue weighted by atomic mass is 10.2. The second kappa shape index (κ2) is 5.97. The molecule has 0 aromatic carbocycles. The van der Waals surface area contributed by atoms with Gasteiger partial charge in [-0.25, -0.2) is 0 Å². The number of rotatable bonds is 4. The Kier molecular flexibility index (Phi) is 4.89. The molecule has 1 heterocycles. The first kappa shape index (κ1) is 13.9. The van der Waals surface area contributed by atoms with Gasteiger partial charge in [-0.3, -0.25) is 9.59 Å². The Hall–Kier alpha value is -1.14. The summed E-state index contributed by atoms with van der Waals surface area (Å²) in [6.45, 7) is 0.517. The van der Waals surface area contributed by atoms with E-state index in [9.17, 15) is 9.59 Å². The van der Waals surface area contributed by atoms with Gasteiger partial charge in [0, 0.05) is 27.7 Å². The van der Waals surface area contributed by atoms with Crippen LogP contribution in [-0.2, 0) is 14.3 Å². The van der Waals surface area contributed by atoms with Crippen molar-refractivity contribution in [2.75, 3.05) is 34.2 Å². The van der Waals surface area contributed by atoms with E-state index in [4.69, 9.17) is 10.5 Å². The third kappa shape index (κ3) is 3.67. The number of nitrogens with two attached hydrogens (primary N) is 1. The predicted octanol–water partition coefficient (Wildman–Crippen LogP) is -0.961. The summed E-state index contributed by atoms with van der Waals surface area (Å²) in [5.74, 6) is -0.245. The summed E-state index contributed by atoms with van der Waals surface area (Å²) in [4.78, 5) is 26.3. The fourth-order valence-corrected chi connectivity index (χ4v) is 1.73. The zero-order valence-corrected chi connectivity index (χ0v) is 10.7. The molecule has 0 radical (unpaired) electrons. The maximum Gasteiger partial charge on any atom is 0.251 e. The van der Waals surface area contributed by atoms with Gasteiger partial charge in [-0.05, 0) is 12.8 Å². The molecule has 0 aromatic heterocycles. The molecule has 1 aliphatic rings. The molecule has 98 valence electrons. The van der Waals surface area contributed by atoms with Crippen LogP contribution in [0.3, 0.4) is 0 Å². The SMILES string of the molecule is CN(C)C(=O)CN(C)C(=O)[C@@H]1CC[C@H](CN)O1. The van der Waals surface area contributed by atoms with Crippen LogP contribution in [0.15, 0.2) is 0 Å². The van der Waals surface area contributed by atoms with Gasteiger partial charge in [0.1, 0.15) is 6.10 Å².